The fraction of sp³-hybridized carbons (Fsp3) is 0.458. The lowest BCUT2D eigenvalue weighted by molar-refractivity contribution is -0.136. The molecular weight excluding hydrogens is 367 g/mol. The summed E-state index contributed by atoms with van der Waals surface area (Å²) in [6, 6.07) is 9.42. The molecule has 0 radical (unpaired) electrons. The van der Waals surface area contributed by atoms with Gasteiger partial charge in [-0.05, 0) is 79.3 Å². The van der Waals surface area contributed by atoms with Gasteiger partial charge in [-0.2, -0.15) is 0 Å². The van der Waals surface area contributed by atoms with Crippen LogP contribution in [0.5, 0.6) is 0 Å². The van der Waals surface area contributed by atoms with Crippen LogP contribution in [0.3, 0.4) is 0 Å². The largest absolute Gasteiger partial charge is 0.481 e. The zero-order chi connectivity index (χ0) is 20.4. The lowest BCUT2D eigenvalue weighted by Gasteiger charge is -2.34. The second kappa shape index (κ2) is 8.44. The van der Waals surface area contributed by atoms with Gasteiger partial charge in [0.2, 0.25) is 0 Å². The van der Waals surface area contributed by atoms with E-state index in [-0.39, 0.29) is 18.7 Å². The summed E-state index contributed by atoms with van der Waals surface area (Å²) in [4.78, 5) is 13.3. The number of hydrogen-bond acceptors (Lipinski definition) is 3. The van der Waals surface area contributed by atoms with E-state index >= 15 is 0 Å². The number of benzene rings is 2. The van der Waals surface area contributed by atoms with E-state index in [0.717, 1.165) is 18.9 Å². The van der Waals surface area contributed by atoms with E-state index in [2.05, 4.69) is 29.3 Å². The van der Waals surface area contributed by atoms with Gasteiger partial charge in [-0.15, -0.1) is 0 Å². The molecule has 2 aliphatic rings. The number of hydrogen-bond donors (Lipinski definition) is 2. The minimum absolute atomic E-state index is 0.0601. The number of aliphatic carboxylic acids is 1. The lowest BCUT2D eigenvalue weighted by Crippen LogP contribution is -2.32. The normalized spacial score (nSPS) is 15.9. The summed E-state index contributed by atoms with van der Waals surface area (Å²) < 4.78 is 14.3. The van der Waals surface area contributed by atoms with Crippen molar-refractivity contribution >= 4 is 17.3 Å². The minimum atomic E-state index is -0.912. The van der Waals surface area contributed by atoms with E-state index in [4.69, 9.17) is 5.11 Å². The molecule has 0 amide bonds. The molecule has 2 aromatic carbocycles. The van der Waals surface area contributed by atoms with Crippen molar-refractivity contribution in [3.8, 4) is 0 Å². The van der Waals surface area contributed by atoms with Crippen molar-refractivity contribution in [1.82, 2.24) is 0 Å². The summed E-state index contributed by atoms with van der Waals surface area (Å²) in [6.45, 7) is 5.17. The Labute approximate surface area is 171 Å². The molecule has 0 spiro atoms. The van der Waals surface area contributed by atoms with Crippen molar-refractivity contribution in [2.45, 2.75) is 52.0 Å². The van der Waals surface area contributed by atoms with Gasteiger partial charge in [0.1, 0.15) is 5.82 Å². The quantitative estimate of drug-likeness (QED) is 0.665. The van der Waals surface area contributed by atoms with E-state index in [1.54, 1.807) is 6.07 Å². The molecule has 2 N–H and O–H groups in total. The van der Waals surface area contributed by atoms with Crippen molar-refractivity contribution in [2.24, 2.45) is 5.92 Å². The average molecular weight is 397 g/mol. The Morgan fingerprint density at radius 3 is 2.76 bits per heavy atom. The molecule has 1 fully saturated rings. The van der Waals surface area contributed by atoms with Crippen LogP contribution in [-0.2, 0) is 24.2 Å². The third-order valence-electron chi connectivity index (χ3n) is 6.14. The van der Waals surface area contributed by atoms with Gasteiger partial charge in [-0.3, -0.25) is 4.79 Å². The Morgan fingerprint density at radius 1 is 1.24 bits per heavy atom. The van der Waals surface area contributed by atoms with Gasteiger partial charge in [-0.1, -0.05) is 18.2 Å². The van der Waals surface area contributed by atoms with E-state index < -0.39 is 5.97 Å². The van der Waals surface area contributed by atoms with Gasteiger partial charge >= 0.3 is 5.97 Å². The highest BCUT2D eigenvalue weighted by molar-refractivity contribution is 5.67. The van der Waals surface area contributed by atoms with E-state index in [9.17, 15) is 9.18 Å². The summed E-state index contributed by atoms with van der Waals surface area (Å²) in [5.41, 5.74) is 6.59. The maximum atomic E-state index is 14.3. The monoisotopic (exact) mass is 396 g/mol. The predicted molar refractivity (Wildman–Crippen MR) is 114 cm³/mol. The SMILES string of the molecule is Cc1c(CNc2ccc(CCC(=O)O)c(F)c2)ccc2c1N(CC1CC1)CCC2. The van der Waals surface area contributed by atoms with Gasteiger partial charge in [0.25, 0.3) is 0 Å². The molecule has 2 aromatic rings. The minimum Gasteiger partial charge on any atom is -0.481 e. The molecule has 4 rings (SSSR count). The molecule has 0 unspecified atom stereocenters. The van der Waals surface area contributed by atoms with E-state index in [0.29, 0.717) is 17.8 Å². The maximum absolute atomic E-state index is 14.3. The molecule has 1 aliphatic carbocycles. The Morgan fingerprint density at radius 2 is 2.03 bits per heavy atom. The van der Waals surface area contributed by atoms with Crippen molar-refractivity contribution < 1.29 is 14.3 Å². The zero-order valence-corrected chi connectivity index (χ0v) is 17.0. The van der Waals surface area contributed by atoms with Gasteiger partial charge < -0.3 is 15.3 Å². The summed E-state index contributed by atoms with van der Waals surface area (Å²) in [5.74, 6) is -0.399. The summed E-state index contributed by atoms with van der Waals surface area (Å²) >= 11 is 0. The third-order valence-corrected chi connectivity index (χ3v) is 6.14. The van der Waals surface area contributed by atoms with Crippen LogP contribution < -0.4 is 10.2 Å². The number of carbonyl (C=O) groups is 1. The molecule has 0 atom stereocenters. The Kier molecular flexibility index (Phi) is 5.74. The predicted octanol–water partition coefficient (Wildman–Crippen LogP) is 4.93. The number of nitrogens with zero attached hydrogens (tertiary/aromatic N) is 1. The smallest absolute Gasteiger partial charge is 0.303 e. The first-order valence-corrected chi connectivity index (χ1v) is 10.6. The maximum Gasteiger partial charge on any atom is 0.303 e. The van der Waals surface area contributed by atoms with E-state index in [1.807, 2.05) is 6.07 Å². The molecule has 29 heavy (non-hydrogen) atoms. The zero-order valence-electron chi connectivity index (χ0n) is 17.0. The molecular formula is C24H29FN2O2. The van der Waals surface area contributed by atoms with Crippen LogP contribution in [0.1, 0.15) is 47.9 Å². The first-order chi connectivity index (χ1) is 14.0. The first-order valence-electron chi connectivity index (χ1n) is 10.6. The number of carboxylic acids is 1. The van der Waals surface area contributed by atoms with Gasteiger partial charge in [0.15, 0.2) is 0 Å². The van der Waals surface area contributed by atoms with Gasteiger partial charge in [-0.25, -0.2) is 4.39 Å². The molecule has 0 saturated heterocycles. The summed E-state index contributed by atoms with van der Waals surface area (Å²) in [6.07, 6.45) is 5.25. The summed E-state index contributed by atoms with van der Waals surface area (Å²) in [7, 11) is 0. The molecule has 5 heteroatoms. The fourth-order valence-corrected chi connectivity index (χ4v) is 4.30. The van der Waals surface area contributed by atoms with Crippen molar-refractivity contribution in [3.05, 3.63) is 58.4 Å². The Hall–Kier alpha value is -2.56. The van der Waals surface area contributed by atoms with Crippen LogP contribution >= 0.6 is 0 Å². The van der Waals surface area contributed by atoms with Crippen LogP contribution in [0.15, 0.2) is 30.3 Å². The van der Waals surface area contributed by atoms with Crippen LogP contribution in [0.2, 0.25) is 0 Å². The fourth-order valence-electron chi connectivity index (χ4n) is 4.30. The van der Waals surface area contributed by atoms with Crippen LogP contribution in [0.4, 0.5) is 15.8 Å². The number of rotatable bonds is 8. The second-order valence-corrected chi connectivity index (χ2v) is 8.40. The van der Waals surface area contributed by atoms with Crippen LogP contribution in [0.25, 0.3) is 0 Å². The molecule has 0 aromatic heterocycles. The molecule has 4 nitrogen and oxygen atoms in total. The van der Waals surface area contributed by atoms with Gasteiger partial charge in [0, 0.05) is 37.4 Å². The molecule has 1 heterocycles. The highest BCUT2D eigenvalue weighted by Crippen LogP contribution is 2.37. The van der Waals surface area contributed by atoms with Crippen molar-refractivity contribution in [1.29, 1.82) is 0 Å². The topological polar surface area (TPSA) is 52.6 Å². The van der Waals surface area contributed by atoms with Crippen LogP contribution in [-0.4, -0.2) is 24.2 Å². The Bertz CT molecular complexity index is 908. The number of fused-ring (bicyclic) bond motifs is 1. The van der Waals surface area contributed by atoms with Gasteiger partial charge in [0.05, 0.1) is 0 Å². The van der Waals surface area contributed by atoms with Crippen LogP contribution in [0, 0.1) is 18.7 Å². The summed E-state index contributed by atoms with van der Waals surface area (Å²) in [5, 5.41) is 12.1. The average Bonchev–Trinajstić information content (AvgIpc) is 3.51. The number of carboxylic acid groups (broad SMARTS) is 1. The molecule has 1 aliphatic heterocycles. The standard InChI is InChI=1S/C24H29FN2O2/c1-16-20(7-6-19-3-2-12-27(24(16)19)15-17-4-5-17)14-26-21-10-8-18(22(25)13-21)9-11-23(28)29/h6-8,10,13,17,26H,2-5,9,11-12,14-15H2,1H3,(H,28,29). The molecule has 154 valence electrons. The molecule has 0 bridgehead atoms. The third kappa shape index (κ3) is 4.72. The van der Waals surface area contributed by atoms with E-state index in [1.165, 1.54) is 54.3 Å². The highest BCUT2D eigenvalue weighted by Gasteiger charge is 2.28. The number of aryl methyl sites for hydroxylation is 2. The first kappa shape index (κ1) is 19.7. The molecule has 1 saturated carbocycles. The van der Waals surface area contributed by atoms with Crippen molar-refractivity contribution in [3.63, 3.8) is 0 Å². The number of halogens is 1. The highest BCUT2D eigenvalue weighted by atomic mass is 19.1. The lowest BCUT2D eigenvalue weighted by atomic mass is 9.94. The number of nitrogens with one attached hydrogen (secondary N) is 1. The number of anilines is 2. The Balaban J connectivity index is 1.46. The second-order valence-electron chi connectivity index (χ2n) is 8.40. The van der Waals surface area contributed by atoms with Crippen molar-refractivity contribution in [2.75, 3.05) is 23.3 Å².